The first-order valence-electron chi connectivity index (χ1n) is 20.0. The molecule has 1 heterocycles. The Balaban J connectivity index is 1.43. The van der Waals surface area contributed by atoms with Gasteiger partial charge in [0.05, 0.1) is 12.3 Å². The Hall–Kier alpha value is -5.68. The summed E-state index contributed by atoms with van der Waals surface area (Å²) in [5, 5.41) is 0. The summed E-state index contributed by atoms with van der Waals surface area (Å²) < 4.78 is 20.0. The fraction of sp³-hybridized carbons (Fsp3) is 0.280. The average molecular weight is 731 g/mol. The van der Waals surface area contributed by atoms with Crippen molar-refractivity contribution < 1.29 is 14.2 Å². The predicted molar refractivity (Wildman–Crippen MR) is 228 cm³/mol. The minimum Gasteiger partial charge on any atom is -0.492 e. The van der Waals surface area contributed by atoms with Crippen molar-refractivity contribution >= 4 is 22.7 Å². The molecule has 6 aromatic rings. The van der Waals surface area contributed by atoms with E-state index >= 15 is 0 Å². The van der Waals surface area contributed by atoms with E-state index < -0.39 is 0 Å². The highest BCUT2D eigenvalue weighted by Gasteiger charge is 2.34. The highest BCUT2D eigenvalue weighted by atomic mass is 16.5. The van der Waals surface area contributed by atoms with E-state index in [-0.39, 0.29) is 5.92 Å². The Morgan fingerprint density at radius 2 is 1.18 bits per heavy atom. The Labute approximate surface area is 328 Å². The number of fused-ring (bicyclic) bond motifs is 2. The van der Waals surface area contributed by atoms with E-state index in [2.05, 4.69) is 141 Å². The van der Waals surface area contributed by atoms with Crippen molar-refractivity contribution in [3.05, 3.63) is 167 Å². The quantitative estimate of drug-likeness (QED) is 0.0989. The normalized spacial score (nSPS) is 13.0. The van der Waals surface area contributed by atoms with Crippen LogP contribution in [0.4, 0.5) is 22.7 Å². The summed E-state index contributed by atoms with van der Waals surface area (Å²) in [6.07, 6.45) is 4.62. The standard InChI is InChI=1S/C50H54N2O3/c1-6-9-30-51(31-10-7-2)39-28-29-42-47(32-39)55-48-34-49(53-8-3)46(52(44-26-18-14-20-36(44)4)45-27-19-15-21-37(45)5)33-43(48)50(42)41-25-17-16-22-38(41)35-54-40-23-12-11-13-24-40/h11-29,32-34,50H,6-10,30-31,35H2,1-5H3. The topological polar surface area (TPSA) is 34.2 Å². The Morgan fingerprint density at radius 1 is 0.564 bits per heavy atom. The van der Waals surface area contributed by atoms with Crippen LogP contribution in [0.25, 0.3) is 0 Å². The van der Waals surface area contributed by atoms with Gasteiger partial charge in [0.2, 0.25) is 0 Å². The molecule has 0 radical (unpaired) electrons. The van der Waals surface area contributed by atoms with Crippen LogP contribution in [0.3, 0.4) is 0 Å². The summed E-state index contributed by atoms with van der Waals surface area (Å²) in [5.41, 5.74) is 11.3. The summed E-state index contributed by atoms with van der Waals surface area (Å²) >= 11 is 0. The first-order chi connectivity index (χ1) is 27.0. The highest BCUT2D eigenvalue weighted by molar-refractivity contribution is 5.85. The first kappa shape index (κ1) is 37.6. The molecule has 1 unspecified atom stereocenters. The molecule has 0 aliphatic carbocycles. The van der Waals surface area contributed by atoms with Gasteiger partial charge >= 0.3 is 0 Å². The van der Waals surface area contributed by atoms with Crippen molar-refractivity contribution in [2.45, 2.75) is 72.8 Å². The van der Waals surface area contributed by atoms with Crippen molar-refractivity contribution in [2.75, 3.05) is 29.5 Å². The summed E-state index contributed by atoms with van der Waals surface area (Å²) in [5.74, 6) is 3.21. The van der Waals surface area contributed by atoms with Crippen molar-refractivity contribution in [1.29, 1.82) is 0 Å². The number of aryl methyl sites for hydroxylation is 2. The Kier molecular flexibility index (Phi) is 12.1. The van der Waals surface area contributed by atoms with Crippen molar-refractivity contribution in [3.8, 4) is 23.0 Å². The fourth-order valence-electron chi connectivity index (χ4n) is 7.70. The molecule has 5 nitrogen and oxygen atoms in total. The van der Waals surface area contributed by atoms with Gasteiger partial charge in [0, 0.05) is 59.3 Å². The van der Waals surface area contributed by atoms with Crippen LogP contribution in [0.1, 0.15) is 85.8 Å². The van der Waals surface area contributed by atoms with Crippen LogP contribution in [-0.4, -0.2) is 19.7 Å². The van der Waals surface area contributed by atoms with Crippen molar-refractivity contribution in [3.63, 3.8) is 0 Å². The molecule has 0 fully saturated rings. The SMILES string of the molecule is CCCCN(CCCC)c1ccc2c(c1)Oc1cc(OCC)c(N(c3ccccc3C)c3ccccc3C)cc1C2c1ccccc1COc1ccccc1. The fourth-order valence-corrected chi connectivity index (χ4v) is 7.70. The first-order valence-corrected chi connectivity index (χ1v) is 20.0. The molecule has 7 rings (SSSR count). The van der Waals surface area contributed by atoms with Gasteiger partial charge in [-0.05, 0) is 92.3 Å². The third-order valence-electron chi connectivity index (χ3n) is 10.6. The largest absolute Gasteiger partial charge is 0.492 e. The average Bonchev–Trinajstić information content (AvgIpc) is 3.21. The molecular weight excluding hydrogens is 677 g/mol. The van der Waals surface area contributed by atoms with Gasteiger partial charge in [0.1, 0.15) is 29.6 Å². The number of hydrogen-bond donors (Lipinski definition) is 0. The Morgan fingerprint density at radius 3 is 1.84 bits per heavy atom. The van der Waals surface area contributed by atoms with Crippen LogP contribution < -0.4 is 24.0 Å². The number of unbranched alkanes of at least 4 members (excludes halogenated alkanes) is 2. The molecule has 0 N–H and O–H groups in total. The lowest BCUT2D eigenvalue weighted by Crippen LogP contribution is -2.26. The predicted octanol–water partition coefficient (Wildman–Crippen LogP) is 13.4. The van der Waals surface area contributed by atoms with Gasteiger partial charge in [0.25, 0.3) is 0 Å². The number of anilines is 4. The molecule has 1 atom stereocenters. The van der Waals surface area contributed by atoms with Crippen molar-refractivity contribution in [2.24, 2.45) is 0 Å². The molecule has 0 saturated heterocycles. The van der Waals surface area contributed by atoms with E-state index in [4.69, 9.17) is 14.2 Å². The monoisotopic (exact) mass is 730 g/mol. The van der Waals surface area contributed by atoms with Gasteiger partial charge < -0.3 is 24.0 Å². The van der Waals surface area contributed by atoms with E-state index in [1.54, 1.807) is 0 Å². The zero-order chi connectivity index (χ0) is 38.1. The molecule has 0 amide bonds. The molecule has 5 heteroatoms. The molecule has 282 valence electrons. The highest BCUT2D eigenvalue weighted by Crippen LogP contribution is 2.54. The minimum atomic E-state index is -0.117. The second-order valence-corrected chi connectivity index (χ2v) is 14.5. The lowest BCUT2D eigenvalue weighted by atomic mass is 9.80. The van der Waals surface area contributed by atoms with Gasteiger partial charge in [-0.3, -0.25) is 0 Å². The zero-order valence-electron chi connectivity index (χ0n) is 33.1. The lowest BCUT2D eigenvalue weighted by molar-refractivity contribution is 0.304. The van der Waals surface area contributed by atoms with E-state index in [0.717, 1.165) is 95.5 Å². The van der Waals surface area contributed by atoms with Gasteiger partial charge in [-0.1, -0.05) is 112 Å². The molecule has 0 spiro atoms. The number of hydrogen-bond acceptors (Lipinski definition) is 5. The summed E-state index contributed by atoms with van der Waals surface area (Å²) in [4.78, 5) is 4.88. The molecule has 55 heavy (non-hydrogen) atoms. The number of nitrogens with zero attached hydrogens (tertiary/aromatic N) is 2. The van der Waals surface area contributed by atoms with Gasteiger partial charge in [0.15, 0.2) is 0 Å². The maximum Gasteiger partial charge on any atom is 0.147 e. The van der Waals surface area contributed by atoms with Crippen LogP contribution in [-0.2, 0) is 6.61 Å². The number of rotatable bonds is 16. The smallest absolute Gasteiger partial charge is 0.147 e. The molecule has 6 aromatic carbocycles. The second kappa shape index (κ2) is 17.6. The number of ether oxygens (including phenoxy) is 3. The molecule has 0 aromatic heterocycles. The van der Waals surface area contributed by atoms with E-state index in [0.29, 0.717) is 13.2 Å². The molecule has 0 saturated carbocycles. The zero-order valence-corrected chi connectivity index (χ0v) is 33.1. The maximum absolute atomic E-state index is 7.02. The van der Waals surface area contributed by atoms with E-state index in [9.17, 15) is 0 Å². The van der Waals surface area contributed by atoms with Gasteiger partial charge in [-0.25, -0.2) is 0 Å². The van der Waals surface area contributed by atoms with Crippen LogP contribution in [0.2, 0.25) is 0 Å². The van der Waals surface area contributed by atoms with Crippen LogP contribution in [0, 0.1) is 13.8 Å². The molecule has 1 aliphatic rings. The van der Waals surface area contributed by atoms with Crippen LogP contribution in [0.5, 0.6) is 23.0 Å². The van der Waals surface area contributed by atoms with Gasteiger partial charge in [-0.15, -0.1) is 0 Å². The van der Waals surface area contributed by atoms with Gasteiger partial charge in [-0.2, -0.15) is 0 Å². The maximum atomic E-state index is 7.02. The summed E-state index contributed by atoms with van der Waals surface area (Å²) in [7, 11) is 0. The van der Waals surface area contributed by atoms with Crippen molar-refractivity contribution in [1.82, 2.24) is 0 Å². The van der Waals surface area contributed by atoms with E-state index in [1.807, 2.05) is 37.3 Å². The summed E-state index contributed by atoms with van der Waals surface area (Å²) in [6, 6.07) is 47.2. The van der Waals surface area contributed by atoms with Crippen LogP contribution >= 0.6 is 0 Å². The Bertz CT molecular complexity index is 2140. The number of para-hydroxylation sites is 3. The lowest BCUT2D eigenvalue weighted by Gasteiger charge is -2.35. The number of benzene rings is 6. The molecule has 0 bridgehead atoms. The minimum absolute atomic E-state index is 0.117. The molecule has 1 aliphatic heterocycles. The van der Waals surface area contributed by atoms with Crippen LogP contribution in [0.15, 0.2) is 133 Å². The van der Waals surface area contributed by atoms with E-state index in [1.165, 1.54) is 22.4 Å². The third kappa shape index (κ3) is 8.22. The summed E-state index contributed by atoms with van der Waals surface area (Å²) in [6.45, 7) is 13.9. The third-order valence-corrected chi connectivity index (χ3v) is 10.6. The second-order valence-electron chi connectivity index (χ2n) is 14.5. The molecular formula is C50H54N2O3.